The monoisotopic (exact) mass is 194 g/mol. The number of carbonyl (C=O) groups is 1. The van der Waals surface area contributed by atoms with Gasteiger partial charge in [-0.15, -0.1) is 0 Å². The summed E-state index contributed by atoms with van der Waals surface area (Å²) in [6, 6.07) is -0.368. The van der Waals surface area contributed by atoms with Crippen molar-refractivity contribution in [2.75, 3.05) is 0 Å². The van der Waals surface area contributed by atoms with Crippen molar-refractivity contribution in [2.24, 2.45) is 11.7 Å². The van der Waals surface area contributed by atoms with Gasteiger partial charge >= 0.3 is 0 Å². The molecule has 0 spiro atoms. The summed E-state index contributed by atoms with van der Waals surface area (Å²) in [5, 5.41) is 2.95. The summed E-state index contributed by atoms with van der Waals surface area (Å²) in [6.07, 6.45) is 3.04. The van der Waals surface area contributed by atoms with E-state index in [2.05, 4.69) is 5.32 Å². The predicted octanol–water partition coefficient (Wildman–Crippen LogP) is 0.266. The summed E-state index contributed by atoms with van der Waals surface area (Å²) in [5.74, 6) is 0.828. The van der Waals surface area contributed by atoms with E-state index in [1.807, 2.05) is 13.8 Å². The minimum Gasteiger partial charge on any atom is -0.482 e. The normalized spacial score (nSPS) is 30.4. The molecule has 2 heterocycles. The number of carbonyl (C=O) groups excluding carboxylic acids is 1. The molecule has 0 bridgehead atoms. The molecule has 0 radical (unpaired) electrons. The van der Waals surface area contributed by atoms with Gasteiger partial charge in [0.1, 0.15) is 11.8 Å². The number of ketones is 1. The van der Waals surface area contributed by atoms with Crippen molar-refractivity contribution in [2.45, 2.75) is 26.0 Å². The van der Waals surface area contributed by atoms with Crippen LogP contribution in [0.1, 0.15) is 13.8 Å². The molecule has 0 saturated carbocycles. The average molecular weight is 194 g/mol. The van der Waals surface area contributed by atoms with Gasteiger partial charge in [0.05, 0.1) is 5.70 Å². The number of ether oxygens (including phenoxy) is 1. The zero-order chi connectivity index (χ0) is 10.3. The Hall–Kier alpha value is -1.45. The number of dihydropyridines is 1. The summed E-state index contributed by atoms with van der Waals surface area (Å²) >= 11 is 0. The number of nitrogens with one attached hydrogen (secondary N) is 1. The maximum atomic E-state index is 11.8. The molecule has 1 fully saturated rings. The minimum atomic E-state index is -0.368. The molecule has 2 rings (SSSR count). The first-order valence-corrected chi connectivity index (χ1v) is 4.74. The lowest BCUT2D eigenvalue weighted by atomic mass is 9.99. The van der Waals surface area contributed by atoms with Gasteiger partial charge in [-0.05, 0) is 18.2 Å². The van der Waals surface area contributed by atoms with E-state index in [0.29, 0.717) is 11.5 Å². The highest BCUT2D eigenvalue weighted by atomic mass is 16.5. The summed E-state index contributed by atoms with van der Waals surface area (Å²) in [4.78, 5) is 11.8. The van der Waals surface area contributed by atoms with Crippen LogP contribution in [0.2, 0.25) is 0 Å². The standard InChI is InChI=1S/C10H14N2O2/c1-5(2)9-8(13)7-10(14-9)6(11)3-4-12-7/h3-5,7,9,12H,11H2,1-2H3. The van der Waals surface area contributed by atoms with Crippen LogP contribution in [-0.2, 0) is 9.53 Å². The Morgan fingerprint density at radius 3 is 2.86 bits per heavy atom. The van der Waals surface area contributed by atoms with Crippen LogP contribution in [0.25, 0.3) is 0 Å². The van der Waals surface area contributed by atoms with Crippen LogP contribution in [0, 0.1) is 5.92 Å². The Bertz CT molecular complexity index is 331. The van der Waals surface area contributed by atoms with Gasteiger partial charge in [-0.25, -0.2) is 0 Å². The highest BCUT2D eigenvalue weighted by Crippen LogP contribution is 2.28. The second-order valence-electron chi connectivity index (χ2n) is 3.94. The van der Waals surface area contributed by atoms with Gasteiger partial charge in [0.25, 0.3) is 0 Å². The third kappa shape index (κ3) is 1.18. The molecular weight excluding hydrogens is 180 g/mol. The van der Waals surface area contributed by atoms with Crippen LogP contribution < -0.4 is 11.1 Å². The third-order valence-corrected chi connectivity index (χ3v) is 2.50. The van der Waals surface area contributed by atoms with Crippen molar-refractivity contribution in [3.05, 3.63) is 23.7 Å². The molecule has 2 unspecified atom stereocenters. The molecule has 2 aliphatic heterocycles. The summed E-state index contributed by atoms with van der Waals surface area (Å²) in [5.41, 5.74) is 6.27. The lowest BCUT2D eigenvalue weighted by Gasteiger charge is -2.14. The van der Waals surface area contributed by atoms with E-state index in [1.165, 1.54) is 0 Å². The molecule has 76 valence electrons. The molecule has 2 atom stereocenters. The zero-order valence-corrected chi connectivity index (χ0v) is 8.28. The van der Waals surface area contributed by atoms with Crippen molar-refractivity contribution < 1.29 is 9.53 Å². The smallest absolute Gasteiger partial charge is 0.203 e. The molecular formula is C10H14N2O2. The van der Waals surface area contributed by atoms with E-state index in [-0.39, 0.29) is 23.8 Å². The van der Waals surface area contributed by atoms with Gasteiger partial charge in [0.2, 0.25) is 5.78 Å². The number of nitrogens with two attached hydrogens (primary N) is 1. The molecule has 2 aliphatic rings. The Morgan fingerprint density at radius 1 is 1.57 bits per heavy atom. The highest BCUT2D eigenvalue weighted by Gasteiger charge is 2.43. The first-order valence-electron chi connectivity index (χ1n) is 4.74. The van der Waals surface area contributed by atoms with Crippen molar-refractivity contribution >= 4 is 5.78 Å². The molecule has 14 heavy (non-hydrogen) atoms. The van der Waals surface area contributed by atoms with Crippen LogP contribution in [0.5, 0.6) is 0 Å². The summed E-state index contributed by atoms with van der Waals surface area (Å²) in [6.45, 7) is 3.92. The second kappa shape index (κ2) is 3.04. The molecule has 0 aliphatic carbocycles. The minimum absolute atomic E-state index is 0.0716. The largest absolute Gasteiger partial charge is 0.482 e. The van der Waals surface area contributed by atoms with Crippen molar-refractivity contribution in [3.8, 4) is 0 Å². The zero-order valence-electron chi connectivity index (χ0n) is 8.28. The third-order valence-electron chi connectivity index (χ3n) is 2.50. The topological polar surface area (TPSA) is 64.3 Å². The van der Waals surface area contributed by atoms with Gasteiger partial charge in [0.15, 0.2) is 6.10 Å². The van der Waals surface area contributed by atoms with E-state index in [1.54, 1.807) is 12.3 Å². The number of rotatable bonds is 1. The Balaban J connectivity index is 2.31. The van der Waals surface area contributed by atoms with Crippen molar-refractivity contribution in [1.29, 1.82) is 0 Å². The average Bonchev–Trinajstić information content (AvgIpc) is 2.46. The molecule has 0 aromatic rings. The second-order valence-corrected chi connectivity index (χ2v) is 3.94. The highest BCUT2D eigenvalue weighted by molar-refractivity contribution is 5.94. The van der Waals surface area contributed by atoms with Crippen LogP contribution in [0.4, 0.5) is 0 Å². The van der Waals surface area contributed by atoms with E-state index in [4.69, 9.17) is 10.5 Å². The summed E-state index contributed by atoms with van der Waals surface area (Å²) in [7, 11) is 0. The predicted molar refractivity (Wildman–Crippen MR) is 52.0 cm³/mol. The number of fused-ring (bicyclic) bond motifs is 1. The van der Waals surface area contributed by atoms with E-state index < -0.39 is 0 Å². The van der Waals surface area contributed by atoms with Crippen molar-refractivity contribution in [1.82, 2.24) is 5.32 Å². The quantitative estimate of drug-likeness (QED) is 0.628. The van der Waals surface area contributed by atoms with Crippen LogP contribution in [0.3, 0.4) is 0 Å². The van der Waals surface area contributed by atoms with Gasteiger partial charge in [-0.2, -0.15) is 0 Å². The fraction of sp³-hybridized carbons (Fsp3) is 0.500. The number of hydrogen-bond donors (Lipinski definition) is 2. The number of allylic oxidation sites excluding steroid dienone is 1. The van der Waals surface area contributed by atoms with Crippen LogP contribution in [-0.4, -0.2) is 17.9 Å². The van der Waals surface area contributed by atoms with E-state index in [0.717, 1.165) is 0 Å². The van der Waals surface area contributed by atoms with Gasteiger partial charge in [-0.1, -0.05) is 13.8 Å². The lowest BCUT2D eigenvalue weighted by molar-refractivity contribution is -0.124. The maximum Gasteiger partial charge on any atom is 0.203 e. The van der Waals surface area contributed by atoms with Crippen molar-refractivity contribution in [3.63, 3.8) is 0 Å². The molecule has 0 aromatic heterocycles. The van der Waals surface area contributed by atoms with Crippen LogP contribution >= 0.6 is 0 Å². The first kappa shape index (κ1) is 9.12. The van der Waals surface area contributed by atoms with E-state index >= 15 is 0 Å². The molecule has 4 nitrogen and oxygen atoms in total. The maximum absolute atomic E-state index is 11.8. The fourth-order valence-corrected chi connectivity index (χ4v) is 1.73. The summed E-state index contributed by atoms with van der Waals surface area (Å²) < 4.78 is 5.54. The molecule has 1 saturated heterocycles. The van der Waals surface area contributed by atoms with Gasteiger partial charge in [0, 0.05) is 0 Å². The number of hydrogen-bond acceptors (Lipinski definition) is 4. The Morgan fingerprint density at radius 2 is 2.29 bits per heavy atom. The van der Waals surface area contributed by atoms with E-state index in [9.17, 15) is 4.79 Å². The molecule has 4 heteroatoms. The fourth-order valence-electron chi connectivity index (χ4n) is 1.73. The van der Waals surface area contributed by atoms with Gasteiger partial charge in [-0.3, -0.25) is 4.79 Å². The SMILES string of the molecule is CC(C)C1OC2=C(N)C=CNC2C1=O. The molecule has 0 amide bonds. The Labute approximate surface area is 82.8 Å². The molecule has 3 N–H and O–H groups in total. The lowest BCUT2D eigenvalue weighted by Crippen LogP contribution is -2.37. The molecule has 0 aromatic carbocycles. The van der Waals surface area contributed by atoms with Crippen LogP contribution in [0.15, 0.2) is 23.7 Å². The first-order chi connectivity index (χ1) is 6.61. The Kier molecular flexibility index (Phi) is 1.98. The van der Waals surface area contributed by atoms with Gasteiger partial charge < -0.3 is 15.8 Å². The number of Topliss-reactive ketones (excluding diaryl/α,β-unsaturated/α-hetero) is 1.